The van der Waals surface area contributed by atoms with Crippen molar-refractivity contribution in [3.05, 3.63) is 53.5 Å². The summed E-state index contributed by atoms with van der Waals surface area (Å²) in [6.07, 6.45) is 1.66. The van der Waals surface area contributed by atoms with E-state index in [2.05, 4.69) is 41.2 Å². The van der Waals surface area contributed by atoms with Gasteiger partial charge in [0, 0.05) is 31.0 Å². The summed E-state index contributed by atoms with van der Waals surface area (Å²) in [5, 5.41) is 11.8. The van der Waals surface area contributed by atoms with Crippen molar-refractivity contribution in [3.8, 4) is 0 Å². The van der Waals surface area contributed by atoms with Crippen molar-refractivity contribution < 1.29 is 9.18 Å². The Kier molecular flexibility index (Phi) is 4.60. The molecule has 2 aromatic rings. The highest BCUT2D eigenvalue weighted by Crippen LogP contribution is 2.48. The number of hydrogen-bond donors (Lipinski definition) is 1. The van der Waals surface area contributed by atoms with Crippen LogP contribution in [0.5, 0.6) is 0 Å². The van der Waals surface area contributed by atoms with E-state index in [1.54, 1.807) is 12.1 Å². The lowest BCUT2D eigenvalue weighted by Crippen LogP contribution is -2.52. The van der Waals surface area contributed by atoms with Crippen LogP contribution in [0.3, 0.4) is 0 Å². The lowest BCUT2D eigenvalue weighted by atomic mass is 9.92. The molecule has 0 bridgehead atoms. The van der Waals surface area contributed by atoms with Crippen LogP contribution in [0.15, 0.2) is 36.4 Å². The van der Waals surface area contributed by atoms with E-state index in [0.29, 0.717) is 12.5 Å². The summed E-state index contributed by atoms with van der Waals surface area (Å²) in [5.74, 6) is 1.10. The zero-order chi connectivity index (χ0) is 19.9. The summed E-state index contributed by atoms with van der Waals surface area (Å²) >= 11 is 0. The second kappa shape index (κ2) is 6.83. The van der Waals surface area contributed by atoms with Crippen LogP contribution < -0.4 is 10.2 Å². The van der Waals surface area contributed by atoms with E-state index in [1.165, 1.54) is 12.1 Å². The molecule has 1 aliphatic carbocycles. The number of anilines is 1. The maximum absolute atomic E-state index is 13.1. The van der Waals surface area contributed by atoms with Gasteiger partial charge in [0.2, 0.25) is 5.91 Å². The molecule has 0 spiro atoms. The van der Waals surface area contributed by atoms with Gasteiger partial charge in [0.05, 0.1) is 11.1 Å². The van der Waals surface area contributed by atoms with Gasteiger partial charge in [-0.1, -0.05) is 32.9 Å². The maximum Gasteiger partial charge on any atom is 0.230 e. The van der Waals surface area contributed by atoms with Crippen LogP contribution in [0.1, 0.15) is 44.9 Å². The van der Waals surface area contributed by atoms with Crippen molar-refractivity contribution in [1.29, 1.82) is 0 Å². The normalized spacial score (nSPS) is 18.5. The molecule has 0 atom stereocenters. The van der Waals surface area contributed by atoms with Gasteiger partial charge in [-0.15, -0.1) is 5.10 Å². The fourth-order valence-corrected chi connectivity index (χ4v) is 3.73. The number of carbonyl (C=O) groups excluding carboxylic acids is 1. The first-order valence-corrected chi connectivity index (χ1v) is 9.91. The average molecular weight is 382 g/mol. The van der Waals surface area contributed by atoms with Crippen LogP contribution in [0.4, 0.5) is 10.2 Å². The summed E-state index contributed by atoms with van der Waals surface area (Å²) in [6.45, 7) is 8.76. The molecule has 1 saturated heterocycles. The summed E-state index contributed by atoms with van der Waals surface area (Å²) in [4.78, 5) is 14.9. The van der Waals surface area contributed by atoms with Crippen molar-refractivity contribution in [1.82, 2.24) is 15.5 Å². The van der Waals surface area contributed by atoms with E-state index in [4.69, 9.17) is 0 Å². The van der Waals surface area contributed by atoms with E-state index in [0.717, 1.165) is 43.0 Å². The molecule has 2 heterocycles. The molecule has 1 amide bonds. The molecule has 0 unspecified atom stereocenters. The smallest absolute Gasteiger partial charge is 0.230 e. The Morgan fingerprint density at radius 3 is 2.36 bits per heavy atom. The standard InChI is InChI=1S/C22H27FN4O/c1-21(2,3)18-8-9-19(26-25-18)27-13-15(14-27)12-24-20(28)22(10-11-22)16-4-6-17(23)7-5-16/h4-9,15H,10-14H2,1-3H3,(H,24,28). The average Bonchev–Trinajstić information content (AvgIpc) is 3.42. The second-order valence-electron chi connectivity index (χ2n) is 9.10. The number of rotatable bonds is 5. The van der Waals surface area contributed by atoms with E-state index in [9.17, 15) is 9.18 Å². The minimum absolute atomic E-state index is 0.00339. The van der Waals surface area contributed by atoms with Gasteiger partial charge < -0.3 is 10.2 Å². The van der Waals surface area contributed by atoms with Crippen LogP contribution in [0.2, 0.25) is 0 Å². The van der Waals surface area contributed by atoms with E-state index >= 15 is 0 Å². The largest absolute Gasteiger partial charge is 0.355 e. The van der Waals surface area contributed by atoms with Gasteiger partial charge in [-0.3, -0.25) is 4.79 Å². The van der Waals surface area contributed by atoms with Gasteiger partial charge >= 0.3 is 0 Å². The van der Waals surface area contributed by atoms with Crippen molar-refractivity contribution in [2.45, 2.75) is 44.4 Å². The van der Waals surface area contributed by atoms with E-state index in [1.807, 2.05) is 12.1 Å². The number of carbonyl (C=O) groups is 1. The number of halogens is 1. The second-order valence-corrected chi connectivity index (χ2v) is 9.10. The maximum atomic E-state index is 13.1. The molecule has 1 aliphatic heterocycles. The van der Waals surface area contributed by atoms with Crippen LogP contribution in [0, 0.1) is 11.7 Å². The third-order valence-corrected chi connectivity index (χ3v) is 5.83. The zero-order valence-corrected chi connectivity index (χ0v) is 16.7. The number of amides is 1. The Balaban J connectivity index is 1.27. The Morgan fingerprint density at radius 2 is 1.82 bits per heavy atom. The van der Waals surface area contributed by atoms with Gasteiger partial charge in [-0.2, -0.15) is 5.10 Å². The van der Waals surface area contributed by atoms with Gasteiger partial charge in [0.25, 0.3) is 0 Å². The Morgan fingerprint density at radius 1 is 1.14 bits per heavy atom. The van der Waals surface area contributed by atoms with Crippen LogP contribution in [-0.2, 0) is 15.6 Å². The highest BCUT2D eigenvalue weighted by atomic mass is 19.1. The van der Waals surface area contributed by atoms with Gasteiger partial charge in [0.15, 0.2) is 5.82 Å². The minimum atomic E-state index is -0.453. The molecule has 2 fully saturated rings. The van der Waals surface area contributed by atoms with Crippen LogP contribution in [-0.4, -0.2) is 35.7 Å². The van der Waals surface area contributed by atoms with Gasteiger partial charge in [-0.05, 0) is 42.7 Å². The molecular formula is C22H27FN4O. The van der Waals surface area contributed by atoms with Gasteiger partial charge in [-0.25, -0.2) is 4.39 Å². The summed E-state index contributed by atoms with van der Waals surface area (Å²) in [6, 6.07) is 10.4. The van der Waals surface area contributed by atoms with Crippen molar-refractivity contribution in [2.24, 2.45) is 5.92 Å². The molecule has 28 heavy (non-hydrogen) atoms. The minimum Gasteiger partial charge on any atom is -0.355 e. The molecular weight excluding hydrogens is 355 g/mol. The molecule has 5 nitrogen and oxygen atoms in total. The van der Waals surface area contributed by atoms with Crippen LogP contribution in [0.25, 0.3) is 0 Å². The summed E-state index contributed by atoms with van der Waals surface area (Å²) in [7, 11) is 0. The molecule has 1 N–H and O–H groups in total. The topological polar surface area (TPSA) is 58.1 Å². The third-order valence-electron chi connectivity index (χ3n) is 5.83. The number of aromatic nitrogens is 2. The molecule has 1 saturated carbocycles. The van der Waals surface area contributed by atoms with Crippen molar-refractivity contribution >= 4 is 11.7 Å². The molecule has 1 aromatic heterocycles. The first-order chi connectivity index (χ1) is 13.3. The predicted octanol–water partition coefficient (Wildman–Crippen LogP) is 3.20. The number of nitrogens with one attached hydrogen (secondary N) is 1. The first-order valence-electron chi connectivity index (χ1n) is 9.91. The molecule has 148 valence electrons. The Hall–Kier alpha value is -2.50. The van der Waals surface area contributed by atoms with Crippen molar-refractivity contribution in [3.63, 3.8) is 0 Å². The predicted molar refractivity (Wildman–Crippen MR) is 107 cm³/mol. The highest BCUT2D eigenvalue weighted by Gasteiger charge is 2.51. The quantitative estimate of drug-likeness (QED) is 0.863. The number of hydrogen-bond acceptors (Lipinski definition) is 4. The Bertz CT molecular complexity index is 848. The molecule has 4 rings (SSSR count). The lowest BCUT2D eigenvalue weighted by Gasteiger charge is -2.40. The monoisotopic (exact) mass is 382 g/mol. The zero-order valence-electron chi connectivity index (χ0n) is 16.7. The van der Waals surface area contributed by atoms with Gasteiger partial charge in [0.1, 0.15) is 5.82 Å². The number of benzene rings is 1. The fourth-order valence-electron chi connectivity index (χ4n) is 3.73. The highest BCUT2D eigenvalue weighted by molar-refractivity contribution is 5.91. The lowest BCUT2D eigenvalue weighted by molar-refractivity contribution is -0.123. The van der Waals surface area contributed by atoms with Crippen LogP contribution >= 0.6 is 0 Å². The fraction of sp³-hybridized carbons (Fsp3) is 0.500. The first kappa shape index (κ1) is 18.8. The van der Waals surface area contributed by atoms with E-state index in [-0.39, 0.29) is 17.1 Å². The number of nitrogens with zero attached hydrogens (tertiary/aromatic N) is 3. The molecule has 1 aromatic carbocycles. The summed E-state index contributed by atoms with van der Waals surface area (Å²) in [5.41, 5.74) is 1.44. The SMILES string of the molecule is CC(C)(C)c1ccc(N2CC(CNC(=O)C3(c4ccc(F)cc4)CC3)C2)nn1. The summed E-state index contributed by atoms with van der Waals surface area (Å²) < 4.78 is 13.1. The molecule has 6 heteroatoms. The Labute approximate surface area is 165 Å². The molecule has 0 radical (unpaired) electrons. The van der Waals surface area contributed by atoms with Crippen molar-refractivity contribution in [2.75, 3.05) is 24.5 Å². The third kappa shape index (κ3) is 3.60. The van der Waals surface area contributed by atoms with E-state index < -0.39 is 5.41 Å². The molecule has 2 aliphatic rings.